The molecule has 0 amide bonds. The molecule has 10 nitrogen and oxygen atoms in total. The molecule has 10 rings (SSSR count). The van der Waals surface area contributed by atoms with Crippen molar-refractivity contribution in [2.45, 2.75) is 62.2 Å². The molecule has 46 heavy (non-hydrogen) atoms. The highest BCUT2D eigenvalue weighted by atomic mass is 35.5. The predicted octanol–water partition coefficient (Wildman–Crippen LogP) is 5.40. The zero-order chi connectivity index (χ0) is 30.7. The Morgan fingerprint density at radius 3 is 2.89 bits per heavy atom. The van der Waals surface area contributed by atoms with Crippen LogP contribution in [-0.4, -0.2) is 80.8 Å². The third kappa shape index (κ3) is 3.58. The summed E-state index contributed by atoms with van der Waals surface area (Å²) in [6.45, 7) is 3.75. The van der Waals surface area contributed by atoms with Gasteiger partial charge in [0.05, 0.1) is 27.5 Å². The molecule has 5 aliphatic heterocycles. The van der Waals surface area contributed by atoms with E-state index in [1.165, 1.54) is 0 Å². The van der Waals surface area contributed by atoms with Crippen LogP contribution in [0.15, 0.2) is 30.6 Å². The summed E-state index contributed by atoms with van der Waals surface area (Å²) in [7, 11) is 0. The highest BCUT2D eigenvalue weighted by Crippen LogP contribution is 2.51. The first-order valence-corrected chi connectivity index (χ1v) is 16.7. The number of anilines is 1. The minimum Gasteiger partial charge on any atom is -0.489 e. The Bertz CT molecular complexity index is 2130. The van der Waals surface area contributed by atoms with E-state index in [0.29, 0.717) is 58.4 Å². The van der Waals surface area contributed by atoms with E-state index in [2.05, 4.69) is 26.2 Å². The smallest absolute Gasteiger partial charge is 0.319 e. The first-order valence-electron chi connectivity index (χ1n) is 16.3. The van der Waals surface area contributed by atoms with E-state index in [4.69, 9.17) is 31.0 Å². The number of fused-ring (bicyclic) bond motifs is 9. The minimum absolute atomic E-state index is 0.000592. The Balaban J connectivity index is 1.20. The van der Waals surface area contributed by atoms with Crippen molar-refractivity contribution in [3.05, 3.63) is 47.0 Å². The first kappa shape index (κ1) is 27.0. The lowest BCUT2D eigenvalue weighted by Crippen LogP contribution is -2.60. The van der Waals surface area contributed by atoms with Crippen molar-refractivity contribution in [2.75, 3.05) is 37.7 Å². The fourth-order valence-corrected chi connectivity index (χ4v) is 9.55. The average Bonchev–Trinajstić information content (AvgIpc) is 3.87. The monoisotopic (exact) mass is 638 g/mol. The van der Waals surface area contributed by atoms with E-state index in [9.17, 15) is 5.26 Å². The van der Waals surface area contributed by atoms with Crippen molar-refractivity contribution < 1.29 is 13.9 Å². The van der Waals surface area contributed by atoms with Gasteiger partial charge in [0.1, 0.15) is 41.8 Å². The number of halogens is 2. The van der Waals surface area contributed by atoms with Crippen molar-refractivity contribution in [1.29, 1.82) is 5.26 Å². The summed E-state index contributed by atoms with van der Waals surface area (Å²) in [5.41, 5.74) is 2.61. The third-order valence-corrected chi connectivity index (χ3v) is 11.7. The van der Waals surface area contributed by atoms with Gasteiger partial charge in [0.2, 0.25) is 0 Å². The second kappa shape index (κ2) is 9.70. The van der Waals surface area contributed by atoms with E-state index in [1.807, 2.05) is 28.8 Å². The van der Waals surface area contributed by atoms with Crippen LogP contribution in [0.2, 0.25) is 5.02 Å². The van der Waals surface area contributed by atoms with Crippen LogP contribution >= 0.6 is 11.6 Å². The molecule has 2 aromatic carbocycles. The first-order chi connectivity index (χ1) is 22.5. The fourth-order valence-electron chi connectivity index (χ4n) is 9.21. The van der Waals surface area contributed by atoms with Crippen molar-refractivity contribution in [3.63, 3.8) is 0 Å². The Morgan fingerprint density at radius 1 is 1.17 bits per heavy atom. The second-order valence-electron chi connectivity index (χ2n) is 13.5. The number of nitriles is 1. The lowest BCUT2D eigenvalue weighted by atomic mass is 9.95. The lowest BCUT2D eigenvalue weighted by Gasteiger charge is -2.40. The number of ether oxygens (including phenoxy) is 2. The molecule has 0 spiro atoms. The Kier molecular flexibility index (Phi) is 5.70. The van der Waals surface area contributed by atoms with Gasteiger partial charge >= 0.3 is 6.01 Å². The molecule has 234 valence electrons. The molecule has 0 radical (unpaired) electrons. The van der Waals surface area contributed by atoms with Crippen LogP contribution in [0, 0.1) is 17.1 Å². The molecule has 12 heteroatoms. The van der Waals surface area contributed by atoms with Gasteiger partial charge in [0, 0.05) is 42.0 Å². The van der Waals surface area contributed by atoms with Gasteiger partial charge in [0.25, 0.3) is 0 Å². The Morgan fingerprint density at radius 2 is 2.04 bits per heavy atom. The number of benzene rings is 2. The molecular weight excluding hydrogens is 607 g/mol. The molecular formula is C34H32ClFN8O2. The van der Waals surface area contributed by atoms with E-state index in [-0.39, 0.29) is 39.7 Å². The van der Waals surface area contributed by atoms with Crippen LogP contribution in [0.4, 0.5) is 10.2 Å². The standard InChI is InChI=1S/C34H32ClFN8O2/c35-27-25(19-4-1-5-22-24(19)20(14-37)31-38-10-13-43(22)31)28(36)29-26-30(27)45-16-23-21-7-6-18(39-21)15-44(23)32(26)41-33(40-29)46-17-34-8-2-11-42(34)12-3-9-34/h1,4-5,10,13,18,21,23,38-39H,2-3,6-9,11-12,15-17H2/t18-,21+,23-/m1/s1. The topological polar surface area (TPSA) is 107 Å². The number of nitrogens with zero attached hydrogens (tertiary/aromatic N) is 6. The molecule has 3 atom stereocenters. The second-order valence-corrected chi connectivity index (χ2v) is 13.9. The van der Waals surface area contributed by atoms with E-state index in [1.54, 1.807) is 6.20 Å². The number of piperazine rings is 1. The number of aromatic nitrogens is 4. The summed E-state index contributed by atoms with van der Waals surface area (Å²) in [6, 6.07) is 8.63. The molecule has 0 aliphatic carbocycles. The SMILES string of the molecule is N#Cc1c2c(-c3c(Cl)c4c5c(nc(OCC67CCCN6CCC7)nc5c3F)N3C[C@H]5CC[C@H](N5)[C@H]3CO4)cccc2n2cc[nH]c12. The van der Waals surface area contributed by atoms with Gasteiger partial charge in [-0.2, -0.15) is 15.2 Å². The molecule has 2 N–H and O–H groups in total. The molecule has 0 unspecified atom stereocenters. The van der Waals surface area contributed by atoms with Gasteiger partial charge in [-0.3, -0.25) is 4.90 Å². The Hall–Kier alpha value is -4.11. The van der Waals surface area contributed by atoms with Crippen LogP contribution in [0.5, 0.6) is 11.8 Å². The number of rotatable bonds is 4. The van der Waals surface area contributed by atoms with Crippen LogP contribution in [0.3, 0.4) is 0 Å². The molecule has 2 bridgehead atoms. The number of imidazole rings is 1. The highest BCUT2D eigenvalue weighted by molar-refractivity contribution is 6.37. The maximum absolute atomic E-state index is 17.3. The summed E-state index contributed by atoms with van der Waals surface area (Å²) in [5, 5.41) is 15.2. The summed E-state index contributed by atoms with van der Waals surface area (Å²) >= 11 is 7.21. The molecule has 4 fully saturated rings. The van der Waals surface area contributed by atoms with Gasteiger partial charge < -0.3 is 29.1 Å². The van der Waals surface area contributed by atoms with E-state index in [0.717, 1.165) is 63.7 Å². The third-order valence-electron chi connectivity index (χ3n) is 11.3. The predicted molar refractivity (Wildman–Crippen MR) is 172 cm³/mol. The molecule has 0 saturated carbocycles. The van der Waals surface area contributed by atoms with E-state index >= 15 is 4.39 Å². The molecule has 5 aliphatic rings. The molecule has 8 heterocycles. The molecule has 3 aromatic heterocycles. The van der Waals surface area contributed by atoms with Crippen molar-refractivity contribution in [2.24, 2.45) is 0 Å². The molecule has 4 saturated heterocycles. The number of nitrogens with one attached hydrogen (secondary N) is 2. The largest absolute Gasteiger partial charge is 0.489 e. The number of aromatic amines is 1. The summed E-state index contributed by atoms with van der Waals surface area (Å²) in [5.74, 6) is 0.408. The number of hydrogen-bond acceptors (Lipinski definition) is 8. The normalized spacial score (nSPS) is 24.7. The maximum atomic E-state index is 17.3. The molecule has 5 aromatic rings. The maximum Gasteiger partial charge on any atom is 0.319 e. The van der Waals surface area contributed by atoms with Crippen LogP contribution in [0.25, 0.3) is 38.6 Å². The fraction of sp³-hybridized carbons (Fsp3) is 0.441. The van der Waals surface area contributed by atoms with Crippen molar-refractivity contribution >= 4 is 44.9 Å². The van der Waals surface area contributed by atoms with Crippen LogP contribution in [-0.2, 0) is 0 Å². The quantitative estimate of drug-likeness (QED) is 0.269. The van der Waals surface area contributed by atoms with Gasteiger partial charge in [-0.05, 0) is 63.2 Å². The van der Waals surface area contributed by atoms with Crippen LogP contribution in [0.1, 0.15) is 44.1 Å². The summed E-state index contributed by atoms with van der Waals surface area (Å²) in [4.78, 5) is 17.8. The van der Waals surface area contributed by atoms with Crippen LogP contribution < -0.4 is 19.7 Å². The van der Waals surface area contributed by atoms with Gasteiger partial charge in [-0.1, -0.05) is 23.7 Å². The van der Waals surface area contributed by atoms with Gasteiger partial charge in [0.15, 0.2) is 11.6 Å². The number of H-pyrrole nitrogens is 1. The highest BCUT2D eigenvalue weighted by Gasteiger charge is 2.46. The number of hydrogen-bond donors (Lipinski definition) is 2. The lowest BCUT2D eigenvalue weighted by molar-refractivity contribution is 0.108. The average molecular weight is 639 g/mol. The van der Waals surface area contributed by atoms with Gasteiger partial charge in [-0.15, -0.1) is 0 Å². The zero-order valence-corrected chi connectivity index (χ0v) is 25.9. The minimum atomic E-state index is -0.579. The zero-order valence-electron chi connectivity index (χ0n) is 25.2. The van der Waals surface area contributed by atoms with Gasteiger partial charge in [-0.25, -0.2) is 4.39 Å². The van der Waals surface area contributed by atoms with E-state index < -0.39 is 5.82 Å². The Labute approximate surface area is 269 Å². The summed E-state index contributed by atoms with van der Waals surface area (Å²) < 4.78 is 32.2. The summed E-state index contributed by atoms with van der Waals surface area (Å²) in [6.07, 6.45) is 10.2. The van der Waals surface area contributed by atoms with Crippen molar-refractivity contribution in [1.82, 2.24) is 29.6 Å². The van der Waals surface area contributed by atoms with Crippen molar-refractivity contribution in [3.8, 4) is 29.0 Å².